The van der Waals surface area contributed by atoms with E-state index in [0.717, 1.165) is 0 Å². The van der Waals surface area contributed by atoms with Gasteiger partial charge < -0.3 is 10.1 Å². The van der Waals surface area contributed by atoms with Gasteiger partial charge in [0.25, 0.3) is 5.56 Å². The molecular weight excluding hydrogens is 330 g/mol. The number of benzene rings is 2. The molecule has 1 aromatic heterocycles. The van der Waals surface area contributed by atoms with Crippen LogP contribution in [0.1, 0.15) is 17.3 Å². The van der Waals surface area contributed by atoms with Crippen molar-refractivity contribution < 1.29 is 9.90 Å². The molecule has 0 bridgehead atoms. The third-order valence-corrected chi connectivity index (χ3v) is 3.70. The molecule has 2 N–H and O–H groups in total. The van der Waals surface area contributed by atoms with Gasteiger partial charge in [0, 0.05) is 16.0 Å². The van der Waals surface area contributed by atoms with Gasteiger partial charge in [-0.3, -0.25) is 9.59 Å². The Kier molecular flexibility index (Phi) is 4.14. The number of aromatic amines is 1. The van der Waals surface area contributed by atoms with E-state index in [4.69, 9.17) is 11.6 Å². The Morgan fingerprint density at radius 1 is 1.12 bits per heavy atom. The average molecular weight is 342 g/mol. The predicted octanol–water partition coefficient (Wildman–Crippen LogP) is 4.51. The van der Waals surface area contributed by atoms with E-state index in [1.807, 2.05) is 0 Å². The van der Waals surface area contributed by atoms with Crippen LogP contribution in [0.5, 0.6) is 5.75 Å². The summed E-state index contributed by atoms with van der Waals surface area (Å²) in [5.41, 5.74) is 0.679. The molecule has 0 amide bonds. The van der Waals surface area contributed by atoms with Gasteiger partial charge in [-0.05, 0) is 49.4 Å². The van der Waals surface area contributed by atoms with Gasteiger partial charge in [0.2, 0.25) is 0 Å². The lowest BCUT2D eigenvalue weighted by molar-refractivity contribution is 0.101. The Labute approximate surface area is 141 Å². The SMILES string of the molecule is CC(=O)c1ccc(N=Nc2c(O)c3cc(Cl)ccc3[nH]c2=O)cc1. The molecule has 3 aromatic rings. The number of aromatic hydroxyl groups is 1. The van der Waals surface area contributed by atoms with Crippen LogP contribution in [0.15, 0.2) is 57.5 Å². The standard InChI is InChI=1S/C17H12ClN3O3/c1-9(22)10-2-5-12(6-3-10)20-21-15-16(23)13-8-11(18)4-7-14(13)19-17(15)24/h2-8H,1H3,(H2,19,23,24). The van der Waals surface area contributed by atoms with E-state index in [1.165, 1.54) is 13.0 Å². The predicted molar refractivity (Wildman–Crippen MR) is 91.9 cm³/mol. The van der Waals surface area contributed by atoms with E-state index in [0.29, 0.717) is 27.2 Å². The molecule has 24 heavy (non-hydrogen) atoms. The summed E-state index contributed by atoms with van der Waals surface area (Å²) < 4.78 is 0. The topological polar surface area (TPSA) is 94.9 Å². The van der Waals surface area contributed by atoms with Crippen LogP contribution < -0.4 is 5.56 Å². The lowest BCUT2D eigenvalue weighted by Gasteiger charge is -2.03. The molecule has 0 saturated heterocycles. The molecule has 0 atom stereocenters. The van der Waals surface area contributed by atoms with Gasteiger partial charge in [0.15, 0.2) is 17.2 Å². The molecule has 1 heterocycles. The molecule has 0 aliphatic rings. The van der Waals surface area contributed by atoms with Crippen molar-refractivity contribution in [2.45, 2.75) is 6.92 Å². The second kappa shape index (κ2) is 6.25. The number of nitrogens with zero attached hydrogens (tertiary/aromatic N) is 2. The van der Waals surface area contributed by atoms with Crippen molar-refractivity contribution in [3.63, 3.8) is 0 Å². The molecule has 0 spiro atoms. The summed E-state index contributed by atoms with van der Waals surface area (Å²) in [6, 6.07) is 11.2. The third kappa shape index (κ3) is 3.04. The first-order chi connectivity index (χ1) is 11.5. The van der Waals surface area contributed by atoms with E-state index >= 15 is 0 Å². The first-order valence-electron chi connectivity index (χ1n) is 7.03. The summed E-state index contributed by atoms with van der Waals surface area (Å²) in [4.78, 5) is 25.9. The minimum absolute atomic E-state index is 0.0565. The van der Waals surface area contributed by atoms with Crippen LogP contribution in [0.3, 0.4) is 0 Å². The quantitative estimate of drug-likeness (QED) is 0.542. The molecule has 0 radical (unpaired) electrons. The smallest absolute Gasteiger partial charge is 0.280 e. The van der Waals surface area contributed by atoms with Crippen molar-refractivity contribution in [1.82, 2.24) is 4.98 Å². The van der Waals surface area contributed by atoms with Crippen LogP contribution >= 0.6 is 11.6 Å². The van der Waals surface area contributed by atoms with E-state index in [2.05, 4.69) is 15.2 Å². The van der Waals surface area contributed by atoms with Crippen LogP contribution in [-0.2, 0) is 0 Å². The highest BCUT2D eigenvalue weighted by Gasteiger charge is 2.12. The first kappa shape index (κ1) is 15.9. The fourth-order valence-corrected chi connectivity index (χ4v) is 2.37. The number of hydrogen-bond donors (Lipinski definition) is 2. The highest BCUT2D eigenvalue weighted by Crippen LogP contribution is 2.32. The molecule has 0 aliphatic carbocycles. The van der Waals surface area contributed by atoms with Gasteiger partial charge in [-0.15, -0.1) is 5.11 Å². The molecule has 7 heteroatoms. The maximum absolute atomic E-state index is 12.1. The number of azo groups is 1. The van der Waals surface area contributed by atoms with Crippen molar-refractivity contribution in [2.75, 3.05) is 0 Å². The van der Waals surface area contributed by atoms with E-state index < -0.39 is 5.56 Å². The Balaban J connectivity index is 2.03. The third-order valence-electron chi connectivity index (χ3n) is 3.46. The zero-order valence-corrected chi connectivity index (χ0v) is 13.3. The van der Waals surface area contributed by atoms with Crippen LogP contribution in [0, 0.1) is 0 Å². The number of carbonyl (C=O) groups is 1. The molecule has 0 aliphatic heterocycles. The van der Waals surface area contributed by atoms with Crippen LogP contribution in [0.2, 0.25) is 5.02 Å². The Morgan fingerprint density at radius 2 is 1.83 bits per heavy atom. The summed E-state index contributed by atoms with van der Waals surface area (Å²) in [5, 5.41) is 18.8. The zero-order valence-electron chi connectivity index (χ0n) is 12.6. The minimum atomic E-state index is -0.563. The summed E-state index contributed by atoms with van der Waals surface area (Å²) in [5.74, 6) is -0.348. The second-order valence-electron chi connectivity index (χ2n) is 5.14. The second-order valence-corrected chi connectivity index (χ2v) is 5.58. The van der Waals surface area contributed by atoms with Crippen molar-refractivity contribution in [3.05, 3.63) is 63.4 Å². The molecule has 0 fully saturated rings. The Morgan fingerprint density at radius 3 is 2.50 bits per heavy atom. The number of halogens is 1. The van der Waals surface area contributed by atoms with Crippen molar-refractivity contribution in [2.24, 2.45) is 10.2 Å². The molecule has 3 rings (SSSR count). The number of rotatable bonds is 3. The number of fused-ring (bicyclic) bond motifs is 1. The van der Waals surface area contributed by atoms with Gasteiger partial charge >= 0.3 is 0 Å². The maximum atomic E-state index is 12.1. The number of hydrogen-bond acceptors (Lipinski definition) is 5. The average Bonchev–Trinajstić information content (AvgIpc) is 2.56. The summed E-state index contributed by atoms with van der Waals surface area (Å²) in [6.45, 7) is 1.47. The number of ketones is 1. The molecule has 2 aromatic carbocycles. The molecule has 0 unspecified atom stereocenters. The van der Waals surface area contributed by atoms with Gasteiger partial charge in [0.1, 0.15) is 0 Å². The van der Waals surface area contributed by atoms with Crippen LogP contribution in [0.4, 0.5) is 11.4 Å². The van der Waals surface area contributed by atoms with Crippen LogP contribution in [0.25, 0.3) is 10.9 Å². The summed E-state index contributed by atoms with van der Waals surface area (Å²) >= 11 is 5.91. The van der Waals surface area contributed by atoms with Crippen LogP contribution in [-0.4, -0.2) is 15.9 Å². The normalized spacial score (nSPS) is 11.2. The lowest BCUT2D eigenvalue weighted by Crippen LogP contribution is -2.05. The summed E-state index contributed by atoms with van der Waals surface area (Å²) in [6.07, 6.45) is 0. The van der Waals surface area contributed by atoms with E-state index in [9.17, 15) is 14.7 Å². The highest BCUT2D eigenvalue weighted by molar-refractivity contribution is 6.31. The molecule has 6 nitrogen and oxygen atoms in total. The number of carbonyl (C=O) groups excluding carboxylic acids is 1. The first-order valence-corrected chi connectivity index (χ1v) is 7.41. The number of H-pyrrole nitrogens is 1. The van der Waals surface area contributed by atoms with Crippen molar-refractivity contribution >= 4 is 39.7 Å². The zero-order chi connectivity index (χ0) is 17.3. The number of Topliss-reactive ketones (excluding diaryl/α,β-unsaturated/α-hetero) is 1. The molecular formula is C17H12ClN3O3. The largest absolute Gasteiger partial charge is 0.505 e. The van der Waals surface area contributed by atoms with E-state index in [-0.39, 0.29) is 17.2 Å². The van der Waals surface area contributed by atoms with Crippen molar-refractivity contribution in [3.8, 4) is 5.75 Å². The number of aromatic nitrogens is 1. The Hall–Kier alpha value is -2.99. The number of nitrogens with one attached hydrogen (secondary N) is 1. The molecule has 0 saturated carbocycles. The minimum Gasteiger partial charge on any atom is -0.505 e. The Bertz CT molecular complexity index is 1020. The fourth-order valence-electron chi connectivity index (χ4n) is 2.20. The van der Waals surface area contributed by atoms with Gasteiger partial charge in [-0.2, -0.15) is 5.11 Å². The fraction of sp³-hybridized carbons (Fsp3) is 0.0588. The lowest BCUT2D eigenvalue weighted by atomic mass is 10.1. The molecule has 120 valence electrons. The maximum Gasteiger partial charge on any atom is 0.280 e. The van der Waals surface area contributed by atoms with Gasteiger partial charge in [-0.25, -0.2) is 0 Å². The summed E-state index contributed by atoms with van der Waals surface area (Å²) in [7, 11) is 0. The van der Waals surface area contributed by atoms with Crippen molar-refractivity contribution in [1.29, 1.82) is 0 Å². The number of pyridine rings is 1. The monoisotopic (exact) mass is 341 g/mol. The highest BCUT2D eigenvalue weighted by atomic mass is 35.5. The van der Waals surface area contributed by atoms with Gasteiger partial charge in [-0.1, -0.05) is 11.6 Å². The van der Waals surface area contributed by atoms with E-state index in [1.54, 1.807) is 36.4 Å². The van der Waals surface area contributed by atoms with Gasteiger partial charge in [0.05, 0.1) is 11.2 Å².